The van der Waals surface area contributed by atoms with E-state index in [1.54, 1.807) is 49.9 Å². The van der Waals surface area contributed by atoms with Crippen LogP contribution in [0.2, 0.25) is 0 Å². The van der Waals surface area contributed by atoms with E-state index in [4.69, 9.17) is 28.4 Å². The Morgan fingerprint density at radius 2 is 1.66 bits per heavy atom. The minimum Gasteiger partial charge on any atom is -0.463 e. The zero-order valence-electron chi connectivity index (χ0n) is 32.7. The summed E-state index contributed by atoms with van der Waals surface area (Å²) in [6, 6.07) is 6.23. The third kappa shape index (κ3) is 12.3. The summed E-state index contributed by atoms with van der Waals surface area (Å²) < 4.78 is 34.3. The van der Waals surface area contributed by atoms with Crippen molar-refractivity contribution in [2.75, 3.05) is 32.8 Å². The molecule has 1 aromatic carbocycles. The molecule has 0 aromatic heterocycles. The van der Waals surface area contributed by atoms with Crippen LogP contribution in [0, 0.1) is 5.92 Å². The first-order valence-electron chi connectivity index (χ1n) is 19.4. The van der Waals surface area contributed by atoms with E-state index in [2.05, 4.69) is 10.6 Å². The number of nitrogens with one attached hydrogen (secondary N) is 2. The molecule has 0 aliphatic carbocycles. The molecule has 0 unspecified atom stereocenters. The molecule has 0 radical (unpaired) electrons. The Bertz CT molecular complexity index is 1440. The highest BCUT2D eigenvalue weighted by Crippen LogP contribution is 2.31. The highest BCUT2D eigenvalue weighted by atomic mass is 16.8. The van der Waals surface area contributed by atoms with E-state index in [1.165, 1.54) is 13.8 Å². The third-order valence-electron chi connectivity index (χ3n) is 10.3. The van der Waals surface area contributed by atoms with Gasteiger partial charge in [-0.25, -0.2) is 0 Å². The number of amides is 2. The molecule has 0 bridgehead atoms. The molecule has 0 spiro atoms. The van der Waals surface area contributed by atoms with Gasteiger partial charge in [0, 0.05) is 38.9 Å². The first-order valence-corrected chi connectivity index (χ1v) is 19.4. The molecule has 3 aliphatic heterocycles. The van der Waals surface area contributed by atoms with Crippen LogP contribution in [0.3, 0.4) is 0 Å². The molecule has 3 heterocycles. The van der Waals surface area contributed by atoms with E-state index < -0.39 is 98.0 Å². The van der Waals surface area contributed by atoms with Gasteiger partial charge < -0.3 is 69.5 Å². The van der Waals surface area contributed by atoms with Gasteiger partial charge in [0.15, 0.2) is 12.4 Å². The summed E-state index contributed by atoms with van der Waals surface area (Å²) in [5.74, 6) is -1.44. The summed E-state index contributed by atoms with van der Waals surface area (Å²) in [5, 5.41) is 59.9. The second-order valence-corrected chi connectivity index (χ2v) is 14.6. The van der Waals surface area contributed by atoms with Gasteiger partial charge in [0.05, 0.1) is 18.6 Å². The molecule has 3 saturated heterocycles. The van der Waals surface area contributed by atoms with Crippen molar-refractivity contribution in [2.45, 2.75) is 140 Å². The maximum absolute atomic E-state index is 13.0. The molecule has 18 nitrogen and oxygen atoms in total. The van der Waals surface area contributed by atoms with Gasteiger partial charge in [-0.1, -0.05) is 32.9 Å². The summed E-state index contributed by atoms with van der Waals surface area (Å²) in [4.78, 5) is 51.4. The Kier molecular flexibility index (Phi) is 17.2. The molecule has 1 aromatic rings. The van der Waals surface area contributed by atoms with Crippen molar-refractivity contribution >= 4 is 23.8 Å². The van der Waals surface area contributed by atoms with E-state index in [0.29, 0.717) is 45.3 Å². The second-order valence-electron chi connectivity index (χ2n) is 14.6. The van der Waals surface area contributed by atoms with E-state index in [0.717, 1.165) is 5.56 Å². The molecule has 13 atom stereocenters. The fourth-order valence-corrected chi connectivity index (χ4v) is 6.64. The van der Waals surface area contributed by atoms with E-state index in [9.17, 15) is 44.7 Å². The first-order chi connectivity index (χ1) is 26.6. The van der Waals surface area contributed by atoms with Crippen LogP contribution in [0.4, 0.5) is 0 Å². The number of aliphatic hydroxyl groups is 5. The van der Waals surface area contributed by atoms with Crippen LogP contribution in [-0.4, -0.2) is 154 Å². The van der Waals surface area contributed by atoms with Crippen LogP contribution in [0.15, 0.2) is 24.3 Å². The SMILES string of the molecule is CCC(=O)N1CCCNC(=O)C[C@@H](c2ccc(O[C@@H]3O[C@@H](C)[C@H](O)[C@@H](O)[C@H]3O[C@@H]3O[C@H](COC(=O)[C@@H](C)CC)[C@@H](O)[C@H](O)[C@H]3O)cc2)NCC[C@@H](OC(C)=O)C1. The van der Waals surface area contributed by atoms with Gasteiger partial charge in [-0.2, -0.15) is 0 Å². The minimum absolute atomic E-state index is 0.0722. The predicted octanol–water partition coefficient (Wildman–Crippen LogP) is -0.585. The molecule has 56 heavy (non-hydrogen) atoms. The summed E-state index contributed by atoms with van der Waals surface area (Å²) in [5.41, 5.74) is 0.724. The van der Waals surface area contributed by atoms with Gasteiger partial charge in [-0.05, 0) is 50.4 Å². The lowest BCUT2D eigenvalue weighted by Gasteiger charge is -2.45. The second kappa shape index (κ2) is 21.3. The van der Waals surface area contributed by atoms with Gasteiger partial charge in [0.2, 0.25) is 18.1 Å². The quantitative estimate of drug-likeness (QED) is 0.138. The maximum Gasteiger partial charge on any atom is 0.308 e. The molecule has 316 valence electrons. The molecule has 3 aliphatic rings. The number of benzene rings is 1. The molecule has 0 saturated carbocycles. The Morgan fingerprint density at radius 3 is 2.32 bits per heavy atom. The molecule has 3 fully saturated rings. The number of hydrogen-bond acceptors (Lipinski definition) is 16. The third-order valence-corrected chi connectivity index (χ3v) is 10.3. The van der Waals surface area contributed by atoms with Gasteiger partial charge in [0.1, 0.15) is 55.1 Å². The van der Waals surface area contributed by atoms with Crippen LogP contribution in [0.1, 0.15) is 78.3 Å². The lowest BCUT2D eigenvalue weighted by atomic mass is 9.97. The summed E-state index contributed by atoms with van der Waals surface area (Å²) in [7, 11) is 0. The van der Waals surface area contributed by atoms with E-state index >= 15 is 0 Å². The molecular weight excluding hydrogens is 738 g/mol. The number of carbonyl (C=O) groups excluding carboxylic acids is 4. The summed E-state index contributed by atoms with van der Waals surface area (Å²) >= 11 is 0. The smallest absolute Gasteiger partial charge is 0.308 e. The molecule has 18 heteroatoms. The van der Waals surface area contributed by atoms with E-state index in [-0.39, 0.29) is 30.5 Å². The molecular formula is C38H59N3O15. The van der Waals surface area contributed by atoms with Crippen LogP contribution in [0.25, 0.3) is 0 Å². The van der Waals surface area contributed by atoms with Gasteiger partial charge in [-0.15, -0.1) is 0 Å². The maximum atomic E-state index is 13.0. The number of rotatable bonds is 11. The van der Waals surface area contributed by atoms with Crippen molar-refractivity contribution in [3.05, 3.63) is 29.8 Å². The van der Waals surface area contributed by atoms with Gasteiger partial charge in [-0.3, -0.25) is 19.2 Å². The highest BCUT2D eigenvalue weighted by molar-refractivity contribution is 5.77. The Morgan fingerprint density at radius 1 is 0.946 bits per heavy atom. The normalized spacial score (nSPS) is 34.1. The average molecular weight is 798 g/mol. The van der Waals surface area contributed by atoms with Crippen LogP contribution < -0.4 is 15.4 Å². The fraction of sp³-hybridized carbons (Fsp3) is 0.737. The fourth-order valence-electron chi connectivity index (χ4n) is 6.64. The number of carbonyl (C=O) groups is 4. The summed E-state index contributed by atoms with van der Waals surface area (Å²) in [6.07, 6.45) is -13.8. The number of hydrogen-bond donors (Lipinski definition) is 7. The average Bonchev–Trinajstić information content (AvgIpc) is 3.19. The molecule has 7 N–H and O–H groups in total. The monoisotopic (exact) mass is 797 g/mol. The first kappa shape index (κ1) is 45.2. The highest BCUT2D eigenvalue weighted by Gasteiger charge is 2.51. The van der Waals surface area contributed by atoms with Gasteiger partial charge >= 0.3 is 11.9 Å². The van der Waals surface area contributed by atoms with Crippen molar-refractivity contribution < 1.29 is 73.1 Å². The lowest BCUT2D eigenvalue weighted by Crippen LogP contribution is -2.64. The van der Waals surface area contributed by atoms with E-state index in [1.807, 2.05) is 0 Å². The lowest BCUT2D eigenvalue weighted by molar-refractivity contribution is -0.355. The minimum atomic E-state index is -1.81. The Balaban J connectivity index is 1.47. The molecule has 4 rings (SSSR count). The Labute approximate surface area is 326 Å². The van der Waals surface area contributed by atoms with Crippen molar-refractivity contribution in [3.8, 4) is 5.75 Å². The number of aliphatic hydroxyl groups excluding tert-OH is 5. The number of esters is 2. The van der Waals surface area contributed by atoms with Crippen molar-refractivity contribution in [1.29, 1.82) is 0 Å². The van der Waals surface area contributed by atoms with Crippen LogP contribution >= 0.6 is 0 Å². The topological polar surface area (TPSA) is 252 Å². The number of ether oxygens (including phenoxy) is 6. The predicted molar refractivity (Wildman–Crippen MR) is 195 cm³/mol. The largest absolute Gasteiger partial charge is 0.463 e. The summed E-state index contributed by atoms with van der Waals surface area (Å²) in [6.45, 7) is 8.98. The zero-order chi connectivity index (χ0) is 41.1. The van der Waals surface area contributed by atoms with Crippen molar-refractivity contribution in [3.63, 3.8) is 0 Å². The van der Waals surface area contributed by atoms with Gasteiger partial charge in [0.25, 0.3) is 0 Å². The standard InChI is InChI=1S/C38H59N3O15/c1-6-20(3)36(50)51-19-27-31(46)32(47)34(49)37(55-27)56-35-33(48)30(45)21(4)52-38(35)54-24-11-9-23(10-12-24)26-17-28(43)40-14-8-16-41(29(44)7-2)18-25(13-15-39-26)53-22(5)42/h9-12,20-21,25-27,30-35,37-39,45-49H,6-8,13-19H2,1-5H3,(H,40,43)/t20-,21-,25+,26-,27+,30-,31+,32-,33+,34+,35+,37-,38-/m0/s1. The van der Waals surface area contributed by atoms with Crippen molar-refractivity contribution in [2.24, 2.45) is 5.92 Å². The zero-order valence-corrected chi connectivity index (χ0v) is 32.7. The van der Waals surface area contributed by atoms with Crippen LogP contribution in [-0.2, 0) is 42.9 Å². The van der Waals surface area contributed by atoms with Crippen LogP contribution in [0.5, 0.6) is 5.75 Å². The molecule has 2 amide bonds. The Hall–Kier alpha value is -3.46. The van der Waals surface area contributed by atoms with Crippen molar-refractivity contribution in [1.82, 2.24) is 15.5 Å². The number of nitrogens with zero attached hydrogens (tertiary/aromatic N) is 1.